The fourth-order valence-electron chi connectivity index (χ4n) is 1.87. The third-order valence-electron chi connectivity index (χ3n) is 2.72. The molecule has 0 aliphatic carbocycles. The van der Waals surface area contributed by atoms with Gasteiger partial charge in [-0.05, 0) is 30.7 Å². The van der Waals surface area contributed by atoms with Crippen LogP contribution in [0.2, 0.25) is 5.02 Å². The molecular formula is C11H14ClNO2S. The van der Waals surface area contributed by atoms with Crippen molar-refractivity contribution in [2.75, 3.05) is 18.1 Å². The molecule has 0 amide bonds. The first-order valence-electron chi connectivity index (χ1n) is 5.26. The van der Waals surface area contributed by atoms with Crippen LogP contribution in [0.5, 0.6) is 0 Å². The maximum Gasteiger partial charge on any atom is 0.152 e. The molecule has 1 unspecified atom stereocenters. The van der Waals surface area contributed by atoms with Crippen LogP contribution in [-0.2, 0) is 9.84 Å². The molecule has 0 radical (unpaired) electrons. The van der Waals surface area contributed by atoms with Gasteiger partial charge in [0.05, 0.1) is 11.5 Å². The average molecular weight is 260 g/mol. The van der Waals surface area contributed by atoms with Crippen molar-refractivity contribution in [2.45, 2.75) is 12.5 Å². The molecule has 0 aromatic heterocycles. The highest BCUT2D eigenvalue weighted by Gasteiger charge is 2.23. The van der Waals surface area contributed by atoms with Crippen LogP contribution in [0.3, 0.4) is 0 Å². The second-order valence-electron chi connectivity index (χ2n) is 4.03. The SMILES string of the molecule is O=S1(=O)CCCNC(c2ccc(Cl)cc2)C1. The van der Waals surface area contributed by atoms with Crippen LogP contribution in [0.1, 0.15) is 18.0 Å². The van der Waals surface area contributed by atoms with Crippen LogP contribution in [0.4, 0.5) is 0 Å². The fraction of sp³-hybridized carbons (Fsp3) is 0.455. The molecule has 0 spiro atoms. The van der Waals surface area contributed by atoms with Crippen LogP contribution in [0.15, 0.2) is 24.3 Å². The van der Waals surface area contributed by atoms with Gasteiger partial charge < -0.3 is 5.32 Å². The van der Waals surface area contributed by atoms with E-state index in [-0.39, 0.29) is 17.5 Å². The highest BCUT2D eigenvalue weighted by molar-refractivity contribution is 7.91. The lowest BCUT2D eigenvalue weighted by Crippen LogP contribution is -2.25. The van der Waals surface area contributed by atoms with E-state index in [4.69, 9.17) is 11.6 Å². The summed E-state index contributed by atoms with van der Waals surface area (Å²) in [7, 11) is -2.92. The normalized spacial score (nSPS) is 24.9. The number of rotatable bonds is 1. The van der Waals surface area contributed by atoms with E-state index in [9.17, 15) is 8.42 Å². The zero-order chi connectivity index (χ0) is 11.6. The lowest BCUT2D eigenvalue weighted by Gasteiger charge is -2.15. The molecule has 1 aromatic carbocycles. The minimum atomic E-state index is -2.92. The topological polar surface area (TPSA) is 46.2 Å². The van der Waals surface area contributed by atoms with Gasteiger partial charge in [-0.1, -0.05) is 23.7 Å². The van der Waals surface area contributed by atoms with Crippen molar-refractivity contribution in [3.8, 4) is 0 Å². The summed E-state index contributed by atoms with van der Waals surface area (Å²) >= 11 is 5.80. The lowest BCUT2D eigenvalue weighted by molar-refractivity contribution is 0.572. The summed E-state index contributed by atoms with van der Waals surface area (Å²) < 4.78 is 23.3. The van der Waals surface area contributed by atoms with Crippen molar-refractivity contribution >= 4 is 21.4 Å². The highest BCUT2D eigenvalue weighted by Crippen LogP contribution is 2.20. The Morgan fingerprint density at radius 3 is 2.62 bits per heavy atom. The van der Waals surface area contributed by atoms with Gasteiger partial charge in [0.2, 0.25) is 0 Å². The molecule has 1 heterocycles. The van der Waals surface area contributed by atoms with E-state index >= 15 is 0 Å². The van der Waals surface area contributed by atoms with Gasteiger partial charge in [-0.2, -0.15) is 0 Å². The summed E-state index contributed by atoms with van der Waals surface area (Å²) in [5, 5.41) is 3.92. The van der Waals surface area contributed by atoms with E-state index in [2.05, 4.69) is 5.32 Å². The van der Waals surface area contributed by atoms with Gasteiger partial charge >= 0.3 is 0 Å². The zero-order valence-electron chi connectivity index (χ0n) is 8.82. The molecule has 1 aliphatic heterocycles. The number of nitrogens with one attached hydrogen (secondary N) is 1. The van der Waals surface area contributed by atoms with E-state index in [0.29, 0.717) is 11.4 Å². The van der Waals surface area contributed by atoms with Gasteiger partial charge in [-0.25, -0.2) is 8.42 Å². The predicted molar refractivity (Wildman–Crippen MR) is 65.5 cm³/mol. The standard InChI is InChI=1S/C11H14ClNO2S/c12-10-4-2-9(3-5-10)11-8-16(14,15)7-1-6-13-11/h2-5,11,13H,1,6-8H2. The second kappa shape index (κ2) is 4.73. The second-order valence-corrected chi connectivity index (χ2v) is 6.69. The molecule has 1 aliphatic rings. The van der Waals surface area contributed by atoms with Crippen molar-refractivity contribution in [1.29, 1.82) is 0 Å². The smallest absolute Gasteiger partial charge is 0.152 e. The first kappa shape index (κ1) is 11.9. The van der Waals surface area contributed by atoms with E-state index in [0.717, 1.165) is 12.1 Å². The molecule has 1 fully saturated rings. The van der Waals surface area contributed by atoms with Gasteiger partial charge in [-0.15, -0.1) is 0 Å². The third-order valence-corrected chi connectivity index (χ3v) is 4.72. The van der Waals surface area contributed by atoms with Gasteiger partial charge in [0.25, 0.3) is 0 Å². The zero-order valence-corrected chi connectivity index (χ0v) is 10.4. The third kappa shape index (κ3) is 2.97. The first-order valence-corrected chi connectivity index (χ1v) is 7.46. The Labute approximate surface area is 101 Å². The summed E-state index contributed by atoms with van der Waals surface area (Å²) in [6.45, 7) is 0.743. The van der Waals surface area contributed by atoms with Crippen LogP contribution >= 0.6 is 11.6 Å². The molecular weight excluding hydrogens is 246 g/mol. The minimum Gasteiger partial charge on any atom is -0.309 e. The maximum absolute atomic E-state index is 11.7. The van der Waals surface area contributed by atoms with Gasteiger partial charge in [0.15, 0.2) is 9.84 Å². The maximum atomic E-state index is 11.7. The van der Waals surface area contributed by atoms with Crippen molar-refractivity contribution < 1.29 is 8.42 Å². The molecule has 1 aromatic rings. The molecule has 1 N–H and O–H groups in total. The summed E-state index contributed by atoms with van der Waals surface area (Å²) in [4.78, 5) is 0. The van der Waals surface area contributed by atoms with Crippen molar-refractivity contribution in [1.82, 2.24) is 5.32 Å². The van der Waals surface area contributed by atoms with Crippen LogP contribution < -0.4 is 5.32 Å². The Hall–Kier alpha value is -0.580. The summed E-state index contributed by atoms with van der Waals surface area (Å²) in [5.74, 6) is 0.457. The largest absolute Gasteiger partial charge is 0.309 e. The Morgan fingerprint density at radius 2 is 1.94 bits per heavy atom. The van der Waals surface area contributed by atoms with Gasteiger partial charge in [0, 0.05) is 11.1 Å². The van der Waals surface area contributed by atoms with Crippen molar-refractivity contribution in [3.05, 3.63) is 34.9 Å². The number of hydrogen-bond donors (Lipinski definition) is 1. The van der Waals surface area contributed by atoms with E-state index in [1.165, 1.54) is 0 Å². The molecule has 1 saturated heterocycles. The van der Waals surface area contributed by atoms with Crippen molar-refractivity contribution in [3.63, 3.8) is 0 Å². The molecule has 3 nitrogen and oxygen atoms in total. The van der Waals surface area contributed by atoms with Crippen LogP contribution in [0.25, 0.3) is 0 Å². The molecule has 0 saturated carbocycles. The van der Waals surface area contributed by atoms with Crippen LogP contribution in [0, 0.1) is 0 Å². The predicted octanol–water partition coefficient (Wildman–Crippen LogP) is 1.79. The molecule has 0 bridgehead atoms. The number of sulfone groups is 1. The molecule has 5 heteroatoms. The fourth-order valence-corrected chi connectivity index (χ4v) is 3.57. The monoisotopic (exact) mass is 259 g/mol. The number of hydrogen-bond acceptors (Lipinski definition) is 3. The van der Waals surface area contributed by atoms with E-state index < -0.39 is 9.84 Å². The van der Waals surface area contributed by atoms with E-state index in [1.54, 1.807) is 12.1 Å². The Kier molecular flexibility index (Phi) is 3.52. The molecule has 88 valence electrons. The Bertz CT molecular complexity index is 455. The number of benzene rings is 1. The molecule has 16 heavy (non-hydrogen) atoms. The highest BCUT2D eigenvalue weighted by atomic mass is 35.5. The number of halogens is 1. The van der Waals surface area contributed by atoms with Gasteiger partial charge in [-0.3, -0.25) is 0 Å². The van der Waals surface area contributed by atoms with Gasteiger partial charge in [0.1, 0.15) is 0 Å². The molecule has 1 atom stereocenters. The Balaban J connectivity index is 2.22. The quantitative estimate of drug-likeness (QED) is 0.836. The summed E-state index contributed by atoms with van der Waals surface area (Å²) in [5.41, 5.74) is 0.981. The molecule has 2 rings (SSSR count). The lowest BCUT2D eigenvalue weighted by atomic mass is 10.1. The average Bonchev–Trinajstić information content (AvgIpc) is 2.40. The summed E-state index contributed by atoms with van der Waals surface area (Å²) in [6.07, 6.45) is 0.687. The van der Waals surface area contributed by atoms with Crippen molar-refractivity contribution in [2.24, 2.45) is 0 Å². The minimum absolute atomic E-state index is 0.107. The first-order chi connectivity index (χ1) is 7.57. The van der Waals surface area contributed by atoms with Crippen LogP contribution in [-0.4, -0.2) is 26.5 Å². The summed E-state index contributed by atoms with van der Waals surface area (Å²) in [6, 6.07) is 7.22. The Morgan fingerprint density at radius 1 is 1.25 bits per heavy atom. The van der Waals surface area contributed by atoms with E-state index in [1.807, 2.05) is 12.1 Å².